The summed E-state index contributed by atoms with van der Waals surface area (Å²) in [7, 11) is -2.28. The Morgan fingerprint density at radius 1 is 0.923 bits per heavy atom. The van der Waals surface area contributed by atoms with Crippen LogP contribution in [-0.4, -0.2) is 51.0 Å². The van der Waals surface area contributed by atoms with Crippen LogP contribution in [0.3, 0.4) is 0 Å². The van der Waals surface area contributed by atoms with E-state index in [9.17, 15) is 18.0 Å². The van der Waals surface area contributed by atoms with Gasteiger partial charge in [-0.2, -0.15) is 0 Å². The van der Waals surface area contributed by atoms with Crippen LogP contribution in [0.2, 0.25) is 0 Å². The lowest BCUT2D eigenvalue weighted by Gasteiger charge is -2.33. The predicted octanol–water partition coefficient (Wildman–Crippen LogP) is 4.90. The molecule has 0 fully saturated rings. The Morgan fingerprint density at radius 2 is 1.54 bits per heavy atom. The zero-order valence-corrected chi connectivity index (χ0v) is 25.4. The molecule has 1 N–H and O–H groups in total. The van der Waals surface area contributed by atoms with Gasteiger partial charge in [0.05, 0.1) is 11.9 Å². The summed E-state index contributed by atoms with van der Waals surface area (Å²) in [6.45, 7) is 5.91. The zero-order valence-electron chi connectivity index (χ0n) is 23.0. The lowest BCUT2D eigenvalue weighted by Crippen LogP contribution is -2.52. The molecule has 0 saturated carbocycles. The molecule has 3 aromatic carbocycles. The maximum Gasteiger partial charge on any atom is 0.244 e. The summed E-state index contributed by atoms with van der Waals surface area (Å²) in [5, 5.41) is 2.68. The molecule has 3 rings (SSSR count). The Bertz CT molecular complexity index is 1390. The first-order valence-electron chi connectivity index (χ1n) is 12.7. The van der Waals surface area contributed by atoms with Crippen molar-refractivity contribution in [2.75, 3.05) is 24.2 Å². The second-order valence-electron chi connectivity index (χ2n) is 10.5. The number of halogens is 1. The maximum atomic E-state index is 14.0. The fourth-order valence-electron chi connectivity index (χ4n) is 4.29. The van der Waals surface area contributed by atoms with Gasteiger partial charge >= 0.3 is 0 Å². The molecule has 0 bridgehead atoms. The first-order chi connectivity index (χ1) is 18.3. The van der Waals surface area contributed by atoms with Gasteiger partial charge in [0, 0.05) is 24.5 Å². The number of nitrogens with one attached hydrogen (secondary N) is 1. The average molecular weight is 615 g/mol. The number of carbonyl (C=O) groups excluding carboxylic acids is 2. The van der Waals surface area contributed by atoms with Gasteiger partial charge in [0.15, 0.2) is 0 Å². The Kier molecular flexibility index (Phi) is 9.96. The van der Waals surface area contributed by atoms with E-state index in [1.54, 1.807) is 12.1 Å². The van der Waals surface area contributed by atoms with E-state index in [4.69, 9.17) is 0 Å². The number of anilines is 1. The monoisotopic (exact) mass is 613 g/mol. The molecule has 0 spiro atoms. The number of hydrogen-bond donors (Lipinski definition) is 1. The van der Waals surface area contributed by atoms with Crippen LogP contribution in [-0.2, 0) is 38.0 Å². The van der Waals surface area contributed by atoms with Crippen molar-refractivity contribution >= 4 is 43.5 Å². The molecular formula is C30H36BrN3O4S. The van der Waals surface area contributed by atoms with E-state index in [1.165, 1.54) is 11.9 Å². The fourth-order valence-corrected chi connectivity index (χ4v) is 5.59. The van der Waals surface area contributed by atoms with Crippen LogP contribution in [0.15, 0.2) is 83.3 Å². The van der Waals surface area contributed by atoms with Crippen LogP contribution in [0.1, 0.15) is 37.5 Å². The van der Waals surface area contributed by atoms with Crippen molar-refractivity contribution in [3.8, 4) is 0 Å². The Hall–Kier alpha value is -3.17. The Labute approximate surface area is 240 Å². The van der Waals surface area contributed by atoms with E-state index in [0.29, 0.717) is 5.69 Å². The normalized spacial score (nSPS) is 12.5. The second-order valence-corrected chi connectivity index (χ2v) is 13.4. The molecule has 0 unspecified atom stereocenters. The van der Waals surface area contributed by atoms with Crippen molar-refractivity contribution in [3.63, 3.8) is 0 Å². The summed E-state index contributed by atoms with van der Waals surface area (Å²) in [4.78, 5) is 28.6. The standard InChI is InChI=1S/C30H36BrN3O4S/c1-30(2,3)24-14-16-26(17-15-24)34(39(5,37)38)21-28(35)33(20-23-12-9-13-25(31)18-23)27(29(36)32-4)19-22-10-7-6-8-11-22/h6-18,27H,19-21H2,1-5H3,(H,32,36)/t27-/m1/s1. The molecular weight excluding hydrogens is 578 g/mol. The van der Waals surface area contributed by atoms with Crippen LogP contribution in [0.4, 0.5) is 5.69 Å². The molecule has 0 aliphatic carbocycles. The summed E-state index contributed by atoms with van der Waals surface area (Å²) in [6.07, 6.45) is 1.36. The minimum atomic E-state index is -3.81. The lowest BCUT2D eigenvalue weighted by atomic mass is 9.87. The van der Waals surface area contributed by atoms with E-state index in [1.807, 2.05) is 66.7 Å². The van der Waals surface area contributed by atoms with E-state index >= 15 is 0 Å². The number of carbonyl (C=O) groups is 2. The zero-order chi connectivity index (χ0) is 28.8. The smallest absolute Gasteiger partial charge is 0.244 e. The predicted molar refractivity (Wildman–Crippen MR) is 160 cm³/mol. The molecule has 39 heavy (non-hydrogen) atoms. The van der Waals surface area contributed by atoms with Crippen molar-refractivity contribution < 1.29 is 18.0 Å². The molecule has 9 heteroatoms. The van der Waals surface area contributed by atoms with Crippen LogP contribution in [0.5, 0.6) is 0 Å². The summed E-state index contributed by atoms with van der Waals surface area (Å²) in [5.74, 6) is -0.813. The van der Waals surface area contributed by atoms with Gasteiger partial charge in [0.25, 0.3) is 0 Å². The van der Waals surface area contributed by atoms with Crippen LogP contribution < -0.4 is 9.62 Å². The largest absolute Gasteiger partial charge is 0.357 e. The van der Waals surface area contributed by atoms with Gasteiger partial charge in [-0.1, -0.05) is 91.3 Å². The van der Waals surface area contributed by atoms with Crippen molar-refractivity contribution in [1.29, 1.82) is 0 Å². The van der Waals surface area contributed by atoms with Crippen molar-refractivity contribution in [3.05, 3.63) is 100 Å². The fraction of sp³-hybridized carbons (Fsp3) is 0.333. The van der Waals surface area contributed by atoms with E-state index in [2.05, 4.69) is 42.0 Å². The molecule has 1 atom stereocenters. The summed E-state index contributed by atoms with van der Waals surface area (Å²) >= 11 is 3.47. The van der Waals surface area contributed by atoms with E-state index in [0.717, 1.165) is 31.7 Å². The highest BCUT2D eigenvalue weighted by Crippen LogP contribution is 2.26. The summed E-state index contributed by atoms with van der Waals surface area (Å²) in [6, 6.07) is 23.3. The highest BCUT2D eigenvalue weighted by Gasteiger charge is 2.32. The molecule has 0 aliphatic heterocycles. The van der Waals surface area contributed by atoms with Gasteiger partial charge in [0.2, 0.25) is 21.8 Å². The van der Waals surface area contributed by atoms with Gasteiger partial charge in [0.1, 0.15) is 12.6 Å². The van der Waals surface area contributed by atoms with Crippen LogP contribution in [0, 0.1) is 0 Å². The Balaban J connectivity index is 2.02. The quantitative estimate of drug-likeness (QED) is 0.352. The number of hydrogen-bond acceptors (Lipinski definition) is 4. The summed E-state index contributed by atoms with van der Waals surface area (Å²) < 4.78 is 27.7. The lowest BCUT2D eigenvalue weighted by molar-refractivity contribution is -0.139. The minimum absolute atomic E-state index is 0.108. The summed E-state index contributed by atoms with van der Waals surface area (Å²) in [5.41, 5.74) is 3.02. The van der Waals surface area contributed by atoms with Gasteiger partial charge in [-0.15, -0.1) is 0 Å². The molecule has 208 valence electrons. The molecule has 3 aromatic rings. The van der Waals surface area contributed by atoms with Gasteiger partial charge in [-0.05, 0) is 46.4 Å². The first-order valence-corrected chi connectivity index (χ1v) is 15.3. The molecule has 0 saturated heterocycles. The van der Waals surface area contributed by atoms with Crippen molar-refractivity contribution in [2.45, 2.75) is 45.2 Å². The third-order valence-corrected chi connectivity index (χ3v) is 8.09. The second kappa shape index (κ2) is 12.8. The highest BCUT2D eigenvalue weighted by atomic mass is 79.9. The van der Waals surface area contributed by atoms with E-state index in [-0.39, 0.29) is 24.3 Å². The number of rotatable bonds is 10. The average Bonchev–Trinajstić information content (AvgIpc) is 2.88. The topological polar surface area (TPSA) is 86.8 Å². The highest BCUT2D eigenvalue weighted by molar-refractivity contribution is 9.10. The van der Waals surface area contributed by atoms with Crippen LogP contribution >= 0.6 is 15.9 Å². The van der Waals surface area contributed by atoms with Gasteiger partial charge < -0.3 is 10.2 Å². The van der Waals surface area contributed by atoms with Crippen molar-refractivity contribution in [1.82, 2.24) is 10.2 Å². The van der Waals surface area contributed by atoms with Gasteiger partial charge in [-0.25, -0.2) is 8.42 Å². The number of nitrogens with zero attached hydrogens (tertiary/aromatic N) is 2. The number of benzene rings is 3. The number of likely N-dealkylation sites (N-methyl/N-ethyl adjacent to an activating group) is 1. The molecule has 0 aliphatic rings. The third-order valence-electron chi connectivity index (χ3n) is 6.46. The first kappa shape index (κ1) is 30.4. The van der Waals surface area contributed by atoms with Crippen molar-refractivity contribution in [2.24, 2.45) is 0 Å². The molecule has 7 nitrogen and oxygen atoms in total. The maximum absolute atomic E-state index is 14.0. The SMILES string of the molecule is CNC(=O)[C@@H](Cc1ccccc1)N(Cc1cccc(Br)c1)C(=O)CN(c1ccc(C(C)(C)C)cc1)S(C)(=O)=O. The molecule has 2 amide bonds. The Morgan fingerprint density at radius 3 is 2.08 bits per heavy atom. The van der Waals surface area contributed by atoms with Gasteiger partial charge in [-0.3, -0.25) is 13.9 Å². The number of amides is 2. The molecule has 0 heterocycles. The minimum Gasteiger partial charge on any atom is -0.357 e. The molecule has 0 aromatic heterocycles. The molecule has 0 radical (unpaired) electrons. The number of sulfonamides is 1. The van der Waals surface area contributed by atoms with Crippen LogP contribution in [0.25, 0.3) is 0 Å². The third kappa shape index (κ3) is 8.41. The van der Waals surface area contributed by atoms with E-state index < -0.39 is 28.5 Å².